The van der Waals surface area contributed by atoms with Crippen molar-refractivity contribution >= 4 is 5.97 Å². The molecule has 0 aromatic heterocycles. The average Bonchev–Trinajstić information content (AvgIpc) is 2.29. The fraction of sp³-hybridized carbons (Fsp3) is 0.462. The third-order valence-electron chi connectivity index (χ3n) is 2.58. The molecule has 1 heterocycles. The zero-order valence-electron chi connectivity index (χ0n) is 10.0. The van der Waals surface area contributed by atoms with Gasteiger partial charge in [-0.1, -0.05) is 18.6 Å². The predicted octanol–water partition coefficient (Wildman–Crippen LogP) is 2.30. The van der Waals surface area contributed by atoms with Gasteiger partial charge in [-0.15, -0.1) is 0 Å². The maximum absolute atomic E-state index is 9.32. The van der Waals surface area contributed by atoms with E-state index in [0.717, 1.165) is 13.5 Å². The molecular weight excluding hydrogens is 218 g/mol. The van der Waals surface area contributed by atoms with Crippen LogP contribution in [0.4, 0.5) is 0 Å². The molecule has 0 spiro atoms. The second-order valence-corrected chi connectivity index (χ2v) is 4.12. The summed E-state index contributed by atoms with van der Waals surface area (Å²) in [6.07, 6.45) is 3.74. The number of phenols is 1. The van der Waals surface area contributed by atoms with Gasteiger partial charge in [-0.25, -0.2) is 0 Å². The number of aliphatic carboxylic acids is 1. The summed E-state index contributed by atoms with van der Waals surface area (Å²) in [6.45, 7) is 2.18. The topological polar surface area (TPSA) is 69.6 Å². The van der Waals surface area contributed by atoms with Crippen LogP contribution in [0.2, 0.25) is 0 Å². The molecular formula is C13H19NO3. The van der Waals surface area contributed by atoms with Gasteiger partial charge in [-0.2, -0.15) is 0 Å². The van der Waals surface area contributed by atoms with Gasteiger partial charge in [0, 0.05) is 13.0 Å². The standard InChI is InChI=1S/C11H15NO.C2H4O2/c13-10-5-3-4-9(8-10)11-6-1-2-7-12-11;1-2(3)4/h3-5,8,11-13H,1-2,6-7H2;1H3,(H,3,4). The largest absolute Gasteiger partial charge is 0.508 e. The molecule has 0 saturated carbocycles. The second-order valence-electron chi connectivity index (χ2n) is 4.12. The average molecular weight is 237 g/mol. The van der Waals surface area contributed by atoms with E-state index in [1.807, 2.05) is 12.1 Å². The van der Waals surface area contributed by atoms with Crippen LogP contribution >= 0.6 is 0 Å². The Hall–Kier alpha value is -1.55. The number of benzene rings is 1. The van der Waals surface area contributed by atoms with Crippen molar-refractivity contribution in [3.63, 3.8) is 0 Å². The maximum Gasteiger partial charge on any atom is 0.300 e. The number of phenolic OH excluding ortho intramolecular Hbond substituents is 1. The summed E-state index contributed by atoms with van der Waals surface area (Å²) in [6, 6.07) is 7.99. The van der Waals surface area contributed by atoms with Crippen LogP contribution in [0.15, 0.2) is 24.3 Å². The molecule has 94 valence electrons. The molecule has 4 heteroatoms. The van der Waals surface area contributed by atoms with Crippen molar-refractivity contribution in [3.8, 4) is 5.75 Å². The van der Waals surface area contributed by atoms with Gasteiger partial charge >= 0.3 is 0 Å². The van der Waals surface area contributed by atoms with E-state index in [-0.39, 0.29) is 0 Å². The van der Waals surface area contributed by atoms with E-state index < -0.39 is 5.97 Å². The van der Waals surface area contributed by atoms with E-state index >= 15 is 0 Å². The number of nitrogens with one attached hydrogen (secondary N) is 1. The fourth-order valence-electron chi connectivity index (χ4n) is 1.88. The minimum absolute atomic E-state index is 0.366. The summed E-state index contributed by atoms with van der Waals surface area (Å²) >= 11 is 0. The molecule has 17 heavy (non-hydrogen) atoms. The molecule has 0 radical (unpaired) electrons. The highest BCUT2D eigenvalue weighted by Gasteiger charge is 2.14. The summed E-state index contributed by atoms with van der Waals surface area (Å²) < 4.78 is 0. The van der Waals surface area contributed by atoms with Crippen molar-refractivity contribution in [2.45, 2.75) is 32.2 Å². The van der Waals surface area contributed by atoms with E-state index in [1.54, 1.807) is 6.07 Å². The van der Waals surface area contributed by atoms with Crippen molar-refractivity contribution in [1.82, 2.24) is 5.32 Å². The first kappa shape index (κ1) is 13.5. The number of hydrogen-bond donors (Lipinski definition) is 3. The quantitative estimate of drug-likeness (QED) is 0.701. The van der Waals surface area contributed by atoms with Gasteiger partial charge in [-0.3, -0.25) is 4.79 Å². The van der Waals surface area contributed by atoms with Crippen molar-refractivity contribution in [2.24, 2.45) is 0 Å². The van der Waals surface area contributed by atoms with Crippen LogP contribution < -0.4 is 5.32 Å². The molecule has 2 rings (SSSR count). The molecule has 1 fully saturated rings. The van der Waals surface area contributed by atoms with Crippen LogP contribution in [0, 0.1) is 0 Å². The Kier molecular flexibility index (Phi) is 5.49. The smallest absolute Gasteiger partial charge is 0.300 e. The first-order chi connectivity index (χ1) is 8.09. The number of aromatic hydroxyl groups is 1. The van der Waals surface area contributed by atoms with E-state index in [4.69, 9.17) is 9.90 Å². The fourth-order valence-corrected chi connectivity index (χ4v) is 1.88. The van der Waals surface area contributed by atoms with E-state index in [1.165, 1.54) is 24.8 Å². The summed E-state index contributed by atoms with van der Waals surface area (Å²) in [5.74, 6) is -0.468. The van der Waals surface area contributed by atoms with Crippen LogP contribution in [0.3, 0.4) is 0 Å². The van der Waals surface area contributed by atoms with Gasteiger partial charge in [0.2, 0.25) is 0 Å². The summed E-state index contributed by atoms with van der Waals surface area (Å²) in [4.78, 5) is 9.00. The molecule has 1 aromatic carbocycles. The number of carboxylic acid groups (broad SMARTS) is 1. The Labute approximate surface area is 101 Å². The summed E-state index contributed by atoms with van der Waals surface area (Å²) in [5, 5.41) is 20.2. The Morgan fingerprint density at radius 1 is 1.41 bits per heavy atom. The maximum atomic E-state index is 9.32. The van der Waals surface area contributed by atoms with E-state index in [2.05, 4.69) is 11.4 Å². The molecule has 0 bridgehead atoms. The lowest BCUT2D eigenvalue weighted by Gasteiger charge is -2.23. The number of carbonyl (C=O) groups is 1. The highest BCUT2D eigenvalue weighted by Crippen LogP contribution is 2.24. The van der Waals surface area contributed by atoms with Gasteiger partial charge in [0.05, 0.1) is 0 Å². The molecule has 1 unspecified atom stereocenters. The van der Waals surface area contributed by atoms with Crippen molar-refractivity contribution in [1.29, 1.82) is 0 Å². The first-order valence-electron chi connectivity index (χ1n) is 5.81. The third kappa shape index (κ3) is 5.36. The predicted molar refractivity (Wildman–Crippen MR) is 66.0 cm³/mol. The second kappa shape index (κ2) is 6.91. The van der Waals surface area contributed by atoms with Crippen LogP contribution in [-0.4, -0.2) is 22.7 Å². The Morgan fingerprint density at radius 3 is 2.65 bits per heavy atom. The molecule has 3 N–H and O–H groups in total. The summed E-state index contributed by atoms with van der Waals surface area (Å²) in [7, 11) is 0. The molecule has 1 aromatic rings. The Morgan fingerprint density at radius 2 is 2.12 bits per heavy atom. The van der Waals surface area contributed by atoms with Crippen LogP contribution in [0.5, 0.6) is 5.75 Å². The van der Waals surface area contributed by atoms with Crippen LogP contribution in [0.25, 0.3) is 0 Å². The molecule has 1 aliphatic rings. The van der Waals surface area contributed by atoms with Gasteiger partial charge < -0.3 is 15.5 Å². The first-order valence-corrected chi connectivity index (χ1v) is 5.81. The van der Waals surface area contributed by atoms with Crippen molar-refractivity contribution in [3.05, 3.63) is 29.8 Å². The lowest BCUT2D eigenvalue weighted by molar-refractivity contribution is -0.134. The molecule has 1 atom stereocenters. The highest BCUT2D eigenvalue weighted by molar-refractivity contribution is 5.62. The van der Waals surface area contributed by atoms with Crippen molar-refractivity contribution in [2.75, 3.05) is 6.54 Å². The minimum Gasteiger partial charge on any atom is -0.508 e. The minimum atomic E-state index is -0.833. The lowest BCUT2D eigenvalue weighted by Crippen LogP contribution is -2.26. The van der Waals surface area contributed by atoms with Crippen molar-refractivity contribution < 1.29 is 15.0 Å². The molecule has 1 aliphatic heterocycles. The SMILES string of the molecule is CC(=O)O.Oc1cccc(C2CCCCN2)c1. The lowest BCUT2D eigenvalue weighted by atomic mass is 9.97. The molecule has 0 aliphatic carbocycles. The van der Waals surface area contributed by atoms with Crippen LogP contribution in [-0.2, 0) is 4.79 Å². The molecule has 0 amide bonds. The normalized spacial score (nSPS) is 19.0. The zero-order valence-corrected chi connectivity index (χ0v) is 10.0. The van der Waals surface area contributed by atoms with Crippen LogP contribution in [0.1, 0.15) is 37.8 Å². The molecule has 1 saturated heterocycles. The van der Waals surface area contributed by atoms with Gasteiger partial charge in [0.1, 0.15) is 5.75 Å². The van der Waals surface area contributed by atoms with Gasteiger partial charge in [0.15, 0.2) is 0 Å². The zero-order chi connectivity index (χ0) is 12.7. The van der Waals surface area contributed by atoms with Gasteiger partial charge in [-0.05, 0) is 37.1 Å². The van der Waals surface area contributed by atoms with Gasteiger partial charge in [0.25, 0.3) is 5.97 Å². The number of piperidine rings is 1. The number of hydrogen-bond acceptors (Lipinski definition) is 3. The number of rotatable bonds is 1. The number of carboxylic acids is 1. The Bertz CT molecular complexity index is 355. The third-order valence-corrected chi connectivity index (χ3v) is 2.58. The highest BCUT2D eigenvalue weighted by atomic mass is 16.4. The Balaban J connectivity index is 0.000000317. The molecule has 4 nitrogen and oxygen atoms in total. The summed E-state index contributed by atoms with van der Waals surface area (Å²) in [5.41, 5.74) is 1.21. The monoisotopic (exact) mass is 237 g/mol. The van der Waals surface area contributed by atoms with E-state index in [9.17, 15) is 5.11 Å². The van der Waals surface area contributed by atoms with E-state index in [0.29, 0.717) is 11.8 Å².